The molecule has 0 aromatic carbocycles. The van der Waals surface area contributed by atoms with Gasteiger partial charge in [0.05, 0.1) is 44.1 Å². The molecular weight excluding hydrogens is 554 g/mol. The topological polar surface area (TPSA) is 101 Å². The molecule has 4 fully saturated rings. The summed E-state index contributed by atoms with van der Waals surface area (Å²) >= 11 is 0. The van der Waals surface area contributed by atoms with Crippen LogP contribution in [0.1, 0.15) is 20.8 Å². The van der Waals surface area contributed by atoms with Gasteiger partial charge >= 0.3 is 30.3 Å². The SMILES string of the molecule is CC(C)(C)OC(=O)N1C[C@@H]2[C@@H](C1)OCCN2C(=O)C(F)(F)F.Cl.O=C(N1CCO[C@@H]2CNC[C@H]21)C(F)(F)F. The van der Waals surface area contributed by atoms with Crippen LogP contribution in [0.15, 0.2) is 0 Å². The number of nitrogens with zero attached hydrogens (tertiary/aromatic N) is 3. The Labute approximate surface area is 221 Å². The van der Waals surface area contributed by atoms with E-state index in [1.54, 1.807) is 20.8 Å². The lowest BCUT2D eigenvalue weighted by atomic mass is 10.1. The lowest BCUT2D eigenvalue weighted by Gasteiger charge is -2.37. The number of amides is 3. The fourth-order valence-electron chi connectivity index (χ4n) is 4.58. The molecule has 0 saturated carbocycles. The predicted molar refractivity (Wildman–Crippen MR) is 121 cm³/mol. The van der Waals surface area contributed by atoms with Crippen molar-refractivity contribution in [1.29, 1.82) is 0 Å². The highest BCUT2D eigenvalue weighted by atomic mass is 35.5. The van der Waals surface area contributed by atoms with Crippen LogP contribution in [-0.4, -0.2) is 127 Å². The van der Waals surface area contributed by atoms with Gasteiger partial charge in [0.2, 0.25) is 0 Å². The number of rotatable bonds is 0. The Morgan fingerprint density at radius 1 is 0.789 bits per heavy atom. The van der Waals surface area contributed by atoms with Crippen molar-refractivity contribution < 1.29 is 54.9 Å². The summed E-state index contributed by atoms with van der Waals surface area (Å²) in [7, 11) is 0. The maximum atomic E-state index is 12.6. The van der Waals surface area contributed by atoms with E-state index in [1.165, 1.54) is 4.90 Å². The minimum absolute atomic E-state index is 0. The fourth-order valence-corrected chi connectivity index (χ4v) is 4.58. The lowest BCUT2D eigenvalue weighted by Crippen LogP contribution is -2.56. The summed E-state index contributed by atoms with van der Waals surface area (Å²) in [5.41, 5.74) is -0.701. The van der Waals surface area contributed by atoms with Gasteiger partial charge in [-0.25, -0.2) is 4.79 Å². The van der Waals surface area contributed by atoms with Gasteiger partial charge < -0.3 is 34.2 Å². The first kappa shape index (κ1) is 32.2. The summed E-state index contributed by atoms with van der Waals surface area (Å²) in [6.07, 6.45) is -11.3. The zero-order valence-electron chi connectivity index (χ0n) is 20.9. The van der Waals surface area contributed by atoms with Crippen molar-refractivity contribution in [1.82, 2.24) is 20.0 Å². The number of carbonyl (C=O) groups excluding carboxylic acids is 3. The Kier molecular flexibility index (Phi) is 10.2. The second-order valence-electron chi connectivity index (χ2n) is 9.99. The minimum atomic E-state index is -4.93. The summed E-state index contributed by atoms with van der Waals surface area (Å²) in [4.78, 5) is 37.5. The number of hydrogen-bond acceptors (Lipinski definition) is 7. The van der Waals surface area contributed by atoms with Crippen LogP contribution in [0.3, 0.4) is 0 Å². The van der Waals surface area contributed by atoms with E-state index in [1.807, 2.05) is 0 Å². The van der Waals surface area contributed by atoms with Crippen LogP contribution < -0.4 is 5.32 Å². The first-order chi connectivity index (χ1) is 17.0. The molecule has 220 valence electrons. The van der Waals surface area contributed by atoms with E-state index >= 15 is 0 Å². The summed E-state index contributed by atoms with van der Waals surface area (Å²) in [5, 5.41) is 2.91. The van der Waals surface area contributed by atoms with Crippen LogP contribution in [0.25, 0.3) is 0 Å². The summed E-state index contributed by atoms with van der Waals surface area (Å²) in [6, 6.07) is -1.27. The molecule has 0 aliphatic carbocycles. The second kappa shape index (κ2) is 12.0. The highest BCUT2D eigenvalue weighted by Gasteiger charge is 2.51. The highest BCUT2D eigenvalue weighted by molar-refractivity contribution is 5.85. The summed E-state index contributed by atoms with van der Waals surface area (Å²) < 4.78 is 90.5. The maximum Gasteiger partial charge on any atom is 0.471 e. The smallest absolute Gasteiger partial charge is 0.444 e. The number of nitrogens with one attached hydrogen (secondary N) is 1. The summed E-state index contributed by atoms with van der Waals surface area (Å²) in [6.45, 7) is 6.12. The van der Waals surface area contributed by atoms with Crippen LogP contribution in [-0.2, 0) is 23.8 Å². The number of carbonyl (C=O) groups is 3. The molecule has 0 aromatic heterocycles. The molecule has 1 N–H and O–H groups in total. The quantitative estimate of drug-likeness (QED) is 0.432. The van der Waals surface area contributed by atoms with Crippen molar-refractivity contribution in [2.24, 2.45) is 0 Å². The third kappa shape index (κ3) is 7.76. The van der Waals surface area contributed by atoms with Gasteiger partial charge in [-0.1, -0.05) is 0 Å². The van der Waals surface area contributed by atoms with Crippen molar-refractivity contribution in [3.63, 3.8) is 0 Å². The van der Waals surface area contributed by atoms with E-state index < -0.39 is 54.0 Å². The molecule has 10 nitrogen and oxygen atoms in total. The molecule has 0 radical (unpaired) electrons. The molecule has 4 heterocycles. The van der Waals surface area contributed by atoms with Crippen molar-refractivity contribution in [2.75, 3.05) is 52.5 Å². The van der Waals surface area contributed by atoms with Crippen molar-refractivity contribution in [2.45, 2.75) is 63.0 Å². The van der Waals surface area contributed by atoms with Crippen molar-refractivity contribution in [3.05, 3.63) is 0 Å². The third-order valence-electron chi connectivity index (χ3n) is 6.15. The first-order valence-corrected chi connectivity index (χ1v) is 11.7. The standard InChI is InChI=1S/C13H19F3N2O4.C8H11F3N2O2.ClH/c1-12(2,3)22-11(20)17-6-8-9(7-17)21-5-4-18(8)10(19)13(14,15)16;9-8(10,11)7(14)13-1-2-15-6-4-12-3-5(6)13;/h8-9H,4-7H2,1-3H3;5-6,12H,1-4H2;1H/t8-,9-;5-,6-;/m11./s1. The van der Waals surface area contributed by atoms with Gasteiger partial charge in [-0.2, -0.15) is 26.3 Å². The zero-order valence-corrected chi connectivity index (χ0v) is 21.7. The van der Waals surface area contributed by atoms with E-state index in [9.17, 15) is 40.7 Å². The van der Waals surface area contributed by atoms with Gasteiger partial charge in [0, 0.05) is 32.7 Å². The molecule has 4 atom stereocenters. The largest absolute Gasteiger partial charge is 0.471 e. The molecule has 0 spiro atoms. The molecule has 4 saturated heterocycles. The number of ether oxygens (including phenoxy) is 3. The van der Waals surface area contributed by atoms with Gasteiger partial charge in [0.25, 0.3) is 0 Å². The molecule has 0 aromatic rings. The Balaban J connectivity index is 0.000000277. The lowest BCUT2D eigenvalue weighted by molar-refractivity contribution is -0.194. The van der Waals surface area contributed by atoms with Crippen LogP contribution in [0.5, 0.6) is 0 Å². The number of hydrogen-bond donors (Lipinski definition) is 1. The van der Waals surface area contributed by atoms with Gasteiger partial charge in [-0.3, -0.25) is 9.59 Å². The molecule has 3 amide bonds. The van der Waals surface area contributed by atoms with Crippen LogP contribution in [0, 0.1) is 0 Å². The molecule has 17 heteroatoms. The highest BCUT2D eigenvalue weighted by Crippen LogP contribution is 2.29. The molecule has 4 aliphatic heterocycles. The van der Waals surface area contributed by atoms with Crippen molar-refractivity contribution >= 4 is 30.3 Å². The number of alkyl halides is 6. The molecule has 4 rings (SSSR count). The van der Waals surface area contributed by atoms with E-state index in [2.05, 4.69) is 5.32 Å². The Morgan fingerprint density at radius 2 is 1.29 bits per heavy atom. The van der Waals surface area contributed by atoms with E-state index in [0.717, 1.165) is 9.80 Å². The van der Waals surface area contributed by atoms with E-state index in [0.29, 0.717) is 13.1 Å². The minimum Gasteiger partial charge on any atom is -0.444 e. The van der Waals surface area contributed by atoms with Gasteiger partial charge in [0.1, 0.15) is 5.60 Å². The summed E-state index contributed by atoms with van der Waals surface area (Å²) in [5.74, 6) is -3.65. The molecule has 0 unspecified atom stereocenters. The second-order valence-corrected chi connectivity index (χ2v) is 9.99. The van der Waals surface area contributed by atoms with Gasteiger partial charge in [-0.15, -0.1) is 12.4 Å². The number of likely N-dealkylation sites (tertiary alicyclic amines) is 1. The molecule has 0 bridgehead atoms. The maximum absolute atomic E-state index is 12.6. The average molecular weight is 585 g/mol. The van der Waals surface area contributed by atoms with Crippen LogP contribution >= 0.6 is 12.4 Å². The molecule has 4 aliphatic rings. The van der Waals surface area contributed by atoms with Crippen LogP contribution in [0.2, 0.25) is 0 Å². The monoisotopic (exact) mass is 584 g/mol. The number of fused-ring (bicyclic) bond motifs is 2. The molecule has 38 heavy (non-hydrogen) atoms. The van der Waals surface area contributed by atoms with Crippen molar-refractivity contribution in [3.8, 4) is 0 Å². The fraction of sp³-hybridized carbons (Fsp3) is 0.857. The van der Waals surface area contributed by atoms with Gasteiger partial charge in [0.15, 0.2) is 0 Å². The van der Waals surface area contributed by atoms with E-state index in [4.69, 9.17) is 14.2 Å². The predicted octanol–water partition coefficient (Wildman–Crippen LogP) is 1.57. The van der Waals surface area contributed by atoms with Gasteiger partial charge in [-0.05, 0) is 20.8 Å². The molecular formula is C21H31ClF6N4O6. The number of halogens is 7. The Morgan fingerprint density at radius 3 is 1.79 bits per heavy atom. The Bertz CT molecular complexity index is 871. The normalized spacial score (nSPS) is 27.4. The van der Waals surface area contributed by atoms with Crippen LogP contribution in [0.4, 0.5) is 31.1 Å². The average Bonchev–Trinajstić information content (AvgIpc) is 3.42. The Hall–Kier alpha value is -2.04. The first-order valence-electron chi connectivity index (χ1n) is 11.7. The zero-order chi connectivity index (χ0) is 27.8. The number of morpholine rings is 2. The third-order valence-corrected chi connectivity index (χ3v) is 6.15. The van der Waals surface area contributed by atoms with E-state index in [-0.39, 0.29) is 57.9 Å².